The van der Waals surface area contributed by atoms with Gasteiger partial charge >= 0.3 is 0 Å². The van der Waals surface area contributed by atoms with Gasteiger partial charge in [0.25, 0.3) is 10.0 Å². The molecule has 0 fully saturated rings. The molecular formula is C13H17FN4O2S. The van der Waals surface area contributed by atoms with E-state index in [9.17, 15) is 12.8 Å². The van der Waals surface area contributed by atoms with Crippen molar-refractivity contribution in [2.45, 2.75) is 25.3 Å². The third kappa shape index (κ3) is 2.77. The fourth-order valence-corrected chi connectivity index (χ4v) is 3.73. The lowest BCUT2D eigenvalue weighted by atomic mass is 10.2. The Balaban J connectivity index is 2.50. The van der Waals surface area contributed by atoms with Crippen LogP contribution in [0.5, 0.6) is 0 Å². The zero-order chi connectivity index (χ0) is 15.8. The van der Waals surface area contributed by atoms with Gasteiger partial charge in [-0.15, -0.1) is 0 Å². The highest BCUT2D eigenvalue weighted by Crippen LogP contribution is 2.25. The monoisotopic (exact) mass is 312 g/mol. The molecule has 0 aliphatic rings. The molecule has 0 aliphatic heterocycles. The Morgan fingerprint density at radius 2 is 2.05 bits per heavy atom. The topological polar surface area (TPSA) is 90.0 Å². The zero-order valence-electron chi connectivity index (χ0n) is 12.0. The van der Waals surface area contributed by atoms with Crippen molar-refractivity contribution in [1.29, 1.82) is 0 Å². The maximum absolute atomic E-state index is 13.7. The van der Waals surface area contributed by atoms with Crippen molar-refractivity contribution in [1.82, 2.24) is 9.78 Å². The van der Waals surface area contributed by atoms with E-state index in [0.717, 1.165) is 0 Å². The summed E-state index contributed by atoms with van der Waals surface area (Å²) in [4.78, 5) is 0.0947. The number of benzene rings is 1. The molecule has 0 atom stereocenters. The SMILES string of the molecule is Cc1nn(C)c(C)c1S(=O)(=O)Nc1cccc(F)c1CN. The number of nitrogens with one attached hydrogen (secondary N) is 1. The molecule has 0 unspecified atom stereocenters. The fourth-order valence-electron chi connectivity index (χ4n) is 2.20. The predicted octanol–water partition coefficient (Wildman–Crippen LogP) is 1.44. The van der Waals surface area contributed by atoms with E-state index in [4.69, 9.17) is 5.73 Å². The van der Waals surface area contributed by atoms with Gasteiger partial charge in [0.15, 0.2) is 0 Å². The van der Waals surface area contributed by atoms with Crippen LogP contribution in [0.25, 0.3) is 0 Å². The van der Waals surface area contributed by atoms with Crippen LogP contribution >= 0.6 is 0 Å². The van der Waals surface area contributed by atoms with Gasteiger partial charge in [-0.2, -0.15) is 5.10 Å². The first-order valence-corrected chi connectivity index (χ1v) is 7.76. The Kier molecular flexibility index (Phi) is 4.02. The normalized spacial score (nSPS) is 11.7. The minimum atomic E-state index is -3.86. The van der Waals surface area contributed by atoms with E-state index in [2.05, 4.69) is 9.82 Å². The maximum atomic E-state index is 13.7. The van der Waals surface area contributed by atoms with Crippen LogP contribution in [0.3, 0.4) is 0 Å². The number of hydrogen-bond donors (Lipinski definition) is 2. The molecule has 21 heavy (non-hydrogen) atoms. The standard InChI is InChI=1S/C13H17FN4O2S/c1-8-13(9(2)18(3)16-8)21(19,20)17-12-6-4-5-11(14)10(12)7-15/h4-6,17H,7,15H2,1-3H3. The average molecular weight is 312 g/mol. The van der Waals surface area contributed by atoms with Crippen molar-refractivity contribution in [2.75, 3.05) is 4.72 Å². The molecule has 0 spiro atoms. The molecule has 1 aromatic carbocycles. The second-order valence-electron chi connectivity index (χ2n) is 4.70. The predicted molar refractivity (Wildman–Crippen MR) is 77.8 cm³/mol. The smallest absolute Gasteiger partial charge is 0.265 e. The van der Waals surface area contributed by atoms with Crippen LogP contribution in [0, 0.1) is 19.7 Å². The quantitative estimate of drug-likeness (QED) is 0.894. The highest BCUT2D eigenvalue weighted by molar-refractivity contribution is 7.92. The molecule has 0 aliphatic carbocycles. The molecule has 0 saturated heterocycles. The fraction of sp³-hybridized carbons (Fsp3) is 0.308. The van der Waals surface area contributed by atoms with Crippen molar-refractivity contribution < 1.29 is 12.8 Å². The summed E-state index contributed by atoms with van der Waals surface area (Å²) >= 11 is 0. The summed E-state index contributed by atoms with van der Waals surface area (Å²) in [6, 6.07) is 4.14. The minimum absolute atomic E-state index is 0.0947. The second kappa shape index (κ2) is 5.45. The molecule has 1 aromatic heterocycles. The van der Waals surface area contributed by atoms with Crippen LogP contribution < -0.4 is 10.5 Å². The number of hydrogen-bond acceptors (Lipinski definition) is 4. The Morgan fingerprint density at radius 3 is 2.57 bits per heavy atom. The molecule has 114 valence electrons. The molecule has 0 amide bonds. The molecule has 0 radical (unpaired) electrons. The summed E-state index contributed by atoms with van der Waals surface area (Å²) in [6.07, 6.45) is 0. The van der Waals surface area contributed by atoms with Gasteiger partial charge in [0, 0.05) is 19.2 Å². The zero-order valence-corrected chi connectivity index (χ0v) is 12.8. The highest BCUT2D eigenvalue weighted by Gasteiger charge is 2.25. The number of halogens is 1. The third-order valence-corrected chi connectivity index (χ3v) is 4.90. The number of aromatic nitrogens is 2. The summed E-state index contributed by atoms with van der Waals surface area (Å²) in [7, 11) is -2.20. The number of anilines is 1. The van der Waals surface area contributed by atoms with E-state index in [1.54, 1.807) is 20.9 Å². The summed E-state index contributed by atoms with van der Waals surface area (Å²) in [6.45, 7) is 3.16. The van der Waals surface area contributed by atoms with Gasteiger partial charge in [0.05, 0.1) is 17.1 Å². The largest absolute Gasteiger partial charge is 0.326 e. The van der Waals surface area contributed by atoms with Gasteiger partial charge in [-0.3, -0.25) is 9.40 Å². The second-order valence-corrected chi connectivity index (χ2v) is 6.32. The van der Waals surface area contributed by atoms with Gasteiger partial charge in [-0.25, -0.2) is 12.8 Å². The summed E-state index contributed by atoms with van der Waals surface area (Å²) in [5, 5.41) is 4.08. The van der Waals surface area contributed by atoms with Gasteiger partial charge < -0.3 is 5.73 Å². The Labute approximate surface area is 122 Å². The van der Waals surface area contributed by atoms with Crippen molar-refractivity contribution >= 4 is 15.7 Å². The first-order chi connectivity index (χ1) is 9.77. The van der Waals surface area contributed by atoms with Gasteiger partial charge in [0.2, 0.25) is 0 Å². The van der Waals surface area contributed by atoms with E-state index in [1.165, 1.54) is 22.9 Å². The van der Waals surface area contributed by atoms with Crippen LogP contribution in [0.1, 0.15) is 17.0 Å². The number of sulfonamides is 1. The maximum Gasteiger partial charge on any atom is 0.265 e. The van der Waals surface area contributed by atoms with E-state index in [1.807, 2.05) is 0 Å². The number of nitrogens with two attached hydrogens (primary N) is 1. The van der Waals surface area contributed by atoms with E-state index in [-0.39, 0.29) is 22.7 Å². The number of rotatable bonds is 4. The van der Waals surface area contributed by atoms with E-state index >= 15 is 0 Å². The Bertz CT molecular complexity index is 784. The Morgan fingerprint density at radius 1 is 1.38 bits per heavy atom. The van der Waals surface area contributed by atoms with Crippen molar-refractivity contribution in [3.05, 3.63) is 41.0 Å². The molecule has 0 bridgehead atoms. The van der Waals surface area contributed by atoms with Crippen LogP contribution in [-0.2, 0) is 23.6 Å². The first kappa shape index (κ1) is 15.5. The number of aryl methyl sites for hydroxylation is 2. The van der Waals surface area contributed by atoms with Crippen molar-refractivity contribution in [3.8, 4) is 0 Å². The number of nitrogens with zero attached hydrogens (tertiary/aromatic N) is 2. The molecule has 2 aromatic rings. The average Bonchev–Trinajstić information content (AvgIpc) is 2.63. The van der Waals surface area contributed by atoms with Crippen LogP contribution in [0.4, 0.5) is 10.1 Å². The van der Waals surface area contributed by atoms with Gasteiger partial charge in [-0.1, -0.05) is 6.07 Å². The van der Waals surface area contributed by atoms with E-state index in [0.29, 0.717) is 11.4 Å². The van der Waals surface area contributed by atoms with Gasteiger partial charge in [0.1, 0.15) is 10.7 Å². The lowest BCUT2D eigenvalue weighted by Gasteiger charge is -2.12. The molecule has 1 heterocycles. The van der Waals surface area contributed by atoms with Crippen molar-refractivity contribution in [3.63, 3.8) is 0 Å². The van der Waals surface area contributed by atoms with E-state index < -0.39 is 15.8 Å². The van der Waals surface area contributed by atoms with Crippen LogP contribution in [-0.4, -0.2) is 18.2 Å². The summed E-state index contributed by atoms with van der Waals surface area (Å²) in [5.74, 6) is -0.544. The molecule has 8 heteroatoms. The van der Waals surface area contributed by atoms with Crippen LogP contribution in [0.15, 0.2) is 23.1 Å². The first-order valence-electron chi connectivity index (χ1n) is 6.28. The lowest BCUT2D eigenvalue weighted by Crippen LogP contribution is -2.17. The lowest BCUT2D eigenvalue weighted by molar-refractivity contribution is 0.598. The summed E-state index contributed by atoms with van der Waals surface area (Å²) < 4.78 is 42.6. The third-order valence-electron chi connectivity index (χ3n) is 3.28. The molecule has 6 nitrogen and oxygen atoms in total. The minimum Gasteiger partial charge on any atom is -0.326 e. The Hall–Kier alpha value is -1.93. The van der Waals surface area contributed by atoms with Gasteiger partial charge in [-0.05, 0) is 26.0 Å². The van der Waals surface area contributed by atoms with Crippen molar-refractivity contribution in [2.24, 2.45) is 12.8 Å². The highest BCUT2D eigenvalue weighted by atomic mass is 32.2. The molecular weight excluding hydrogens is 295 g/mol. The molecule has 0 saturated carbocycles. The van der Waals surface area contributed by atoms with Crippen LogP contribution in [0.2, 0.25) is 0 Å². The molecule has 2 rings (SSSR count). The summed E-state index contributed by atoms with van der Waals surface area (Å²) in [5.41, 5.74) is 6.63. The molecule has 3 N–H and O–H groups in total.